The van der Waals surface area contributed by atoms with Crippen LogP contribution in [-0.4, -0.2) is 30.3 Å². The van der Waals surface area contributed by atoms with Gasteiger partial charge in [0, 0.05) is 5.75 Å². The topological polar surface area (TPSA) is 38.7 Å². The van der Waals surface area contributed by atoms with Gasteiger partial charge in [-0.3, -0.25) is 0 Å². The molecule has 0 spiro atoms. The van der Waals surface area contributed by atoms with Gasteiger partial charge in [0.15, 0.2) is 11.5 Å². The number of rotatable bonds is 7. The first-order valence-electron chi connectivity index (χ1n) is 5.75. The second-order valence-electron chi connectivity index (χ2n) is 3.63. The van der Waals surface area contributed by atoms with Gasteiger partial charge in [0.05, 0.1) is 19.8 Å². The summed E-state index contributed by atoms with van der Waals surface area (Å²) in [5.41, 5.74) is 0.831. The van der Waals surface area contributed by atoms with Crippen LogP contribution in [0.2, 0.25) is 0 Å². The number of hydrogen-bond donors (Lipinski definition) is 1. The fourth-order valence-electron chi connectivity index (χ4n) is 1.42. The Balaban J connectivity index is 2.65. The smallest absolute Gasteiger partial charge is 0.161 e. The molecular weight excluding hydrogens is 236 g/mol. The molecule has 0 bridgehead atoms. The number of aliphatic hydroxyl groups excluding tert-OH is 1. The molecule has 1 aromatic carbocycles. The minimum atomic E-state index is -0.492. The van der Waals surface area contributed by atoms with Crippen molar-refractivity contribution in [2.45, 2.75) is 20.0 Å². The van der Waals surface area contributed by atoms with Crippen LogP contribution in [0.3, 0.4) is 0 Å². The van der Waals surface area contributed by atoms with Crippen LogP contribution >= 0.6 is 11.8 Å². The number of methoxy groups -OCH3 is 1. The van der Waals surface area contributed by atoms with Crippen molar-refractivity contribution < 1.29 is 14.6 Å². The summed E-state index contributed by atoms with van der Waals surface area (Å²) >= 11 is 1.84. The van der Waals surface area contributed by atoms with E-state index in [-0.39, 0.29) is 0 Å². The average Bonchev–Trinajstić information content (AvgIpc) is 2.34. The predicted octanol–water partition coefficient (Wildman–Crippen LogP) is 2.88. The van der Waals surface area contributed by atoms with Gasteiger partial charge in [-0.1, -0.05) is 13.0 Å². The maximum atomic E-state index is 9.48. The second kappa shape index (κ2) is 7.45. The summed E-state index contributed by atoms with van der Waals surface area (Å²) in [6.45, 7) is 4.53. The van der Waals surface area contributed by atoms with Gasteiger partial charge in [0.1, 0.15) is 0 Å². The molecular formula is C13H20O3S. The molecule has 1 atom stereocenters. The molecule has 1 N–H and O–H groups in total. The highest BCUT2D eigenvalue weighted by Gasteiger charge is 2.08. The Labute approximate surface area is 107 Å². The van der Waals surface area contributed by atoms with Crippen LogP contribution in [0, 0.1) is 0 Å². The van der Waals surface area contributed by atoms with Gasteiger partial charge in [0.25, 0.3) is 0 Å². The van der Waals surface area contributed by atoms with E-state index in [2.05, 4.69) is 6.92 Å². The van der Waals surface area contributed by atoms with Crippen molar-refractivity contribution >= 4 is 11.8 Å². The Hall–Kier alpha value is -0.870. The normalized spacial score (nSPS) is 12.2. The number of hydrogen-bond acceptors (Lipinski definition) is 4. The zero-order valence-electron chi connectivity index (χ0n) is 10.6. The van der Waals surface area contributed by atoms with Crippen LogP contribution in [0.25, 0.3) is 0 Å². The van der Waals surface area contributed by atoms with E-state index in [0.29, 0.717) is 12.4 Å². The van der Waals surface area contributed by atoms with Crippen LogP contribution in [0.1, 0.15) is 25.5 Å². The summed E-state index contributed by atoms with van der Waals surface area (Å²) in [6, 6.07) is 5.51. The average molecular weight is 256 g/mol. The molecule has 0 aliphatic rings. The van der Waals surface area contributed by atoms with Gasteiger partial charge in [-0.2, -0.15) is 11.8 Å². The van der Waals surface area contributed by atoms with Gasteiger partial charge < -0.3 is 14.6 Å². The fraction of sp³-hybridized carbons (Fsp3) is 0.538. The lowest BCUT2D eigenvalue weighted by Crippen LogP contribution is -2.02. The van der Waals surface area contributed by atoms with E-state index in [0.717, 1.165) is 22.8 Å². The van der Waals surface area contributed by atoms with Crippen molar-refractivity contribution in [3.8, 4) is 11.5 Å². The van der Waals surface area contributed by atoms with E-state index in [1.807, 2.05) is 30.0 Å². The molecule has 1 aromatic rings. The van der Waals surface area contributed by atoms with Crippen LogP contribution < -0.4 is 9.47 Å². The van der Waals surface area contributed by atoms with E-state index >= 15 is 0 Å². The van der Waals surface area contributed by atoms with E-state index in [1.165, 1.54) is 0 Å². The summed E-state index contributed by atoms with van der Waals surface area (Å²) in [5, 5.41) is 9.48. The standard InChI is InChI=1S/C13H20O3S/c1-4-17-8-7-16-12-6-5-11(10(2)14)9-13(12)15-3/h5-6,9-10,14H,4,7-8H2,1-3H3. The highest BCUT2D eigenvalue weighted by Crippen LogP contribution is 2.30. The first-order chi connectivity index (χ1) is 8.19. The molecule has 0 aliphatic heterocycles. The minimum Gasteiger partial charge on any atom is -0.493 e. The molecule has 0 radical (unpaired) electrons. The maximum absolute atomic E-state index is 9.48. The number of thioether (sulfide) groups is 1. The third-order valence-electron chi connectivity index (χ3n) is 2.36. The Morgan fingerprint density at radius 2 is 2.12 bits per heavy atom. The molecule has 0 aliphatic carbocycles. The lowest BCUT2D eigenvalue weighted by atomic mass is 10.1. The quantitative estimate of drug-likeness (QED) is 0.761. The zero-order valence-corrected chi connectivity index (χ0v) is 11.4. The summed E-state index contributed by atoms with van der Waals surface area (Å²) in [4.78, 5) is 0. The van der Waals surface area contributed by atoms with Gasteiger partial charge >= 0.3 is 0 Å². The van der Waals surface area contributed by atoms with Gasteiger partial charge in [-0.25, -0.2) is 0 Å². The monoisotopic (exact) mass is 256 g/mol. The van der Waals surface area contributed by atoms with Crippen LogP contribution in [0.15, 0.2) is 18.2 Å². The maximum Gasteiger partial charge on any atom is 0.161 e. The molecule has 0 saturated carbocycles. The summed E-state index contributed by atoms with van der Waals surface area (Å²) in [6.07, 6.45) is -0.492. The molecule has 3 nitrogen and oxygen atoms in total. The Morgan fingerprint density at radius 1 is 1.35 bits per heavy atom. The third-order valence-corrected chi connectivity index (χ3v) is 3.22. The molecule has 1 rings (SSSR count). The van der Waals surface area contributed by atoms with Gasteiger partial charge in [-0.05, 0) is 30.4 Å². The highest BCUT2D eigenvalue weighted by molar-refractivity contribution is 7.99. The summed E-state index contributed by atoms with van der Waals surface area (Å²) in [7, 11) is 1.61. The van der Waals surface area contributed by atoms with Crippen LogP contribution in [0.4, 0.5) is 0 Å². The molecule has 1 unspecified atom stereocenters. The number of benzene rings is 1. The lowest BCUT2D eigenvalue weighted by molar-refractivity contribution is 0.198. The van der Waals surface area contributed by atoms with Crippen molar-refractivity contribution in [1.29, 1.82) is 0 Å². The predicted molar refractivity (Wildman–Crippen MR) is 72.1 cm³/mol. The zero-order chi connectivity index (χ0) is 12.7. The minimum absolute atomic E-state index is 0.492. The highest BCUT2D eigenvalue weighted by atomic mass is 32.2. The Morgan fingerprint density at radius 3 is 2.71 bits per heavy atom. The summed E-state index contributed by atoms with van der Waals surface area (Å²) < 4.78 is 10.9. The van der Waals surface area contributed by atoms with Crippen molar-refractivity contribution in [3.05, 3.63) is 23.8 Å². The van der Waals surface area contributed by atoms with Crippen LogP contribution in [0.5, 0.6) is 11.5 Å². The first kappa shape index (κ1) is 14.2. The van der Waals surface area contributed by atoms with Crippen molar-refractivity contribution in [1.82, 2.24) is 0 Å². The molecule has 0 saturated heterocycles. The molecule has 17 heavy (non-hydrogen) atoms. The third kappa shape index (κ3) is 4.48. The van der Waals surface area contributed by atoms with Crippen molar-refractivity contribution in [3.63, 3.8) is 0 Å². The molecule has 0 amide bonds. The van der Waals surface area contributed by atoms with Crippen molar-refractivity contribution in [2.75, 3.05) is 25.2 Å². The Bertz CT molecular complexity index is 339. The van der Waals surface area contributed by atoms with Crippen molar-refractivity contribution in [2.24, 2.45) is 0 Å². The largest absolute Gasteiger partial charge is 0.493 e. The SMILES string of the molecule is CCSCCOc1ccc(C(C)O)cc1OC. The van der Waals surface area contributed by atoms with E-state index in [4.69, 9.17) is 9.47 Å². The molecule has 0 heterocycles. The van der Waals surface area contributed by atoms with Gasteiger partial charge in [-0.15, -0.1) is 0 Å². The lowest BCUT2D eigenvalue weighted by Gasteiger charge is -2.13. The number of ether oxygens (including phenoxy) is 2. The number of aliphatic hydroxyl groups is 1. The van der Waals surface area contributed by atoms with Crippen LogP contribution in [-0.2, 0) is 0 Å². The van der Waals surface area contributed by atoms with Gasteiger partial charge in [0.2, 0.25) is 0 Å². The molecule has 0 fully saturated rings. The molecule has 4 heteroatoms. The van der Waals surface area contributed by atoms with E-state index in [1.54, 1.807) is 14.0 Å². The first-order valence-corrected chi connectivity index (χ1v) is 6.91. The fourth-order valence-corrected chi connectivity index (χ4v) is 1.91. The van der Waals surface area contributed by atoms with E-state index < -0.39 is 6.10 Å². The molecule has 0 aromatic heterocycles. The van der Waals surface area contributed by atoms with E-state index in [9.17, 15) is 5.11 Å². The Kier molecular flexibility index (Phi) is 6.22. The second-order valence-corrected chi connectivity index (χ2v) is 5.03. The molecule has 96 valence electrons. The summed E-state index contributed by atoms with van der Waals surface area (Å²) in [5.74, 6) is 3.47.